The maximum atomic E-state index is 12.7. The minimum atomic E-state index is -0.0862. The molecule has 5 nitrogen and oxygen atoms in total. The molecule has 0 aromatic carbocycles. The van der Waals surface area contributed by atoms with Crippen LogP contribution >= 0.6 is 0 Å². The fraction of sp³-hybridized carbons (Fsp3) is 0.500. The van der Waals surface area contributed by atoms with E-state index >= 15 is 0 Å². The second kappa shape index (κ2) is 7.90. The molecule has 0 fully saturated rings. The predicted molar refractivity (Wildman–Crippen MR) is 91.1 cm³/mol. The largest absolute Gasteiger partial charge is 0.344 e. The lowest BCUT2D eigenvalue weighted by Crippen LogP contribution is -2.31. The minimum absolute atomic E-state index is 0.0410. The molecule has 0 radical (unpaired) electrons. The van der Waals surface area contributed by atoms with Crippen LogP contribution in [0.15, 0.2) is 30.6 Å². The molecule has 0 spiro atoms. The number of aromatic nitrogens is 3. The maximum absolute atomic E-state index is 12.7. The molecule has 2 heterocycles. The molecule has 0 aliphatic rings. The van der Waals surface area contributed by atoms with Crippen molar-refractivity contribution in [1.29, 1.82) is 0 Å². The van der Waals surface area contributed by atoms with Gasteiger partial charge in [0.2, 0.25) is 0 Å². The van der Waals surface area contributed by atoms with E-state index < -0.39 is 0 Å². The van der Waals surface area contributed by atoms with Crippen molar-refractivity contribution >= 4 is 5.91 Å². The van der Waals surface area contributed by atoms with Gasteiger partial charge in [0.05, 0.1) is 11.7 Å². The average molecular weight is 314 g/mol. The molecule has 1 amide bonds. The second-order valence-corrected chi connectivity index (χ2v) is 6.34. The highest BCUT2D eigenvalue weighted by atomic mass is 16.2. The van der Waals surface area contributed by atoms with Gasteiger partial charge in [-0.2, -0.15) is 5.10 Å². The van der Waals surface area contributed by atoms with Crippen LogP contribution in [0.2, 0.25) is 0 Å². The summed E-state index contributed by atoms with van der Waals surface area (Å²) >= 11 is 0. The van der Waals surface area contributed by atoms with Gasteiger partial charge < -0.3 is 5.32 Å². The smallest absolute Gasteiger partial charge is 0.270 e. The van der Waals surface area contributed by atoms with E-state index in [4.69, 9.17) is 0 Å². The highest BCUT2D eigenvalue weighted by Gasteiger charge is 2.20. The Balaban J connectivity index is 2.17. The number of nitrogens with zero attached hydrogens (tertiary/aromatic N) is 3. The van der Waals surface area contributed by atoms with Crippen LogP contribution in [-0.4, -0.2) is 20.7 Å². The fourth-order valence-corrected chi connectivity index (χ4v) is 2.68. The highest BCUT2D eigenvalue weighted by Crippen LogP contribution is 2.21. The molecular formula is C18H26N4O. The van der Waals surface area contributed by atoms with Crippen LogP contribution in [0.4, 0.5) is 0 Å². The molecule has 0 saturated carbocycles. The first-order valence-electron chi connectivity index (χ1n) is 8.25. The zero-order valence-electron chi connectivity index (χ0n) is 14.4. The summed E-state index contributed by atoms with van der Waals surface area (Å²) in [6.45, 7) is 6.41. The molecule has 2 aromatic heterocycles. The van der Waals surface area contributed by atoms with Gasteiger partial charge in [-0.1, -0.05) is 33.3 Å². The van der Waals surface area contributed by atoms with Gasteiger partial charge in [0.15, 0.2) is 0 Å². The van der Waals surface area contributed by atoms with Gasteiger partial charge in [0, 0.05) is 19.4 Å². The molecule has 0 aliphatic heterocycles. The lowest BCUT2D eigenvalue weighted by molar-refractivity contribution is 0.0922. The number of nitrogens with one attached hydrogen (secondary N) is 1. The fourth-order valence-electron chi connectivity index (χ4n) is 2.68. The number of hydrogen-bond donors (Lipinski definition) is 1. The van der Waals surface area contributed by atoms with Crippen LogP contribution in [0.1, 0.15) is 61.4 Å². The van der Waals surface area contributed by atoms with Crippen LogP contribution < -0.4 is 5.32 Å². The summed E-state index contributed by atoms with van der Waals surface area (Å²) in [4.78, 5) is 16.8. The van der Waals surface area contributed by atoms with Crippen LogP contribution in [0.3, 0.4) is 0 Å². The molecule has 2 aromatic rings. The van der Waals surface area contributed by atoms with Gasteiger partial charge in [-0.05, 0) is 36.5 Å². The van der Waals surface area contributed by atoms with Gasteiger partial charge >= 0.3 is 0 Å². The average Bonchev–Trinajstić information content (AvgIpc) is 2.88. The number of aryl methyl sites for hydroxylation is 2. The van der Waals surface area contributed by atoms with Crippen LogP contribution in [0.5, 0.6) is 0 Å². The molecule has 5 heteroatoms. The quantitative estimate of drug-likeness (QED) is 0.853. The Kier molecular flexibility index (Phi) is 5.90. The monoisotopic (exact) mass is 314 g/mol. The lowest BCUT2D eigenvalue weighted by Gasteiger charge is -2.20. The number of pyridine rings is 1. The summed E-state index contributed by atoms with van der Waals surface area (Å²) in [7, 11) is 1.82. The number of hydrogen-bond acceptors (Lipinski definition) is 3. The number of carbonyl (C=O) groups is 1. The van der Waals surface area contributed by atoms with E-state index in [1.165, 1.54) is 0 Å². The minimum Gasteiger partial charge on any atom is -0.344 e. The number of rotatable bonds is 7. The van der Waals surface area contributed by atoms with E-state index in [1.807, 2.05) is 31.4 Å². The Bertz CT molecular complexity index is 634. The molecule has 124 valence electrons. The maximum Gasteiger partial charge on any atom is 0.270 e. The van der Waals surface area contributed by atoms with Gasteiger partial charge in [-0.15, -0.1) is 0 Å². The molecule has 23 heavy (non-hydrogen) atoms. The topological polar surface area (TPSA) is 59.8 Å². The van der Waals surface area contributed by atoms with E-state index in [0.29, 0.717) is 11.6 Å². The third-order valence-corrected chi connectivity index (χ3v) is 3.77. The van der Waals surface area contributed by atoms with Crippen LogP contribution in [0, 0.1) is 5.92 Å². The van der Waals surface area contributed by atoms with Gasteiger partial charge in [-0.3, -0.25) is 14.5 Å². The van der Waals surface area contributed by atoms with Gasteiger partial charge in [0.1, 0.15) is 5.69 Å². The zero-order chi connectivity index (χ0) is 16.8. The first-order valence-corrected chi connectivity index (χ1v) is 8.25. The third-order valence-electron chi connectivity index (χ3n) is 3.77. The summed E-state index contributed by atoms with van der Waals surface area (Å²) < 4.78 is 1.66. The molecule has 1 atom stereocenters. The summed E-state index contributed by atoms with van der Waals surface area (Å²) in [6.07, 6.45) is 6.34. The van der Waals surface area contributed by atoms with E-state index in [2.05, 4.69) is 36.2 Å². The molecular weight excluding hydrogens is 288 g/mol. The summed E-state index contributed by atoms with van der Waals surface area (Å²) in [5.41, 5.74) is 2.60. The van der Waals surface area contributed by atoms with Crippen molar-refractivity contribution in [2.75, 3.05) is 0 Å². The Labute approximate surface area is 138 Å². The van der Waals surface area contributed by atoms with Gasteiger partial charge in [0.25, 0.3) is 5.91 Å². The first kappa shape index (κ1) is 17.2. The Morgan fingerprint density at radius 1 is 1.39 bits per heavy atom. The van der Waals surface area contributed by atoms with E-state index in [9.17, 15) is 4.79 Å². The number of carbonyl (C=O) groups excluding carboxylic acids is 1. The van der Waals surface area contributed by atoms with E-state index in [-0.39, 0.29) is 11.9 Å². The molecule has 0 unspecified atom stereocenters. The van der Waals surface area contributed by atoms with Crippen molar-refractivity contribution in [2.45, 2.75) is 46.1 Å². The molecule has 0 bridgehead atoms. The first-order chi connectivity index (χ1) is 11.0. The van der Waals surface area contributed by atoms with Crippen molar-refractivity contribution in [3.63, 3.8) is 0 Å². The molecule has 0 aliphatic carbocycles. The summed E-state index contributed by atoms with van der Waals surface area (Å²) in [6, 6.07) is 5.75. The molecule has 2 rings (SSSR count). The standard InChI is InChI=1S/C18H26N4O/c1-5-7-15-11-17(22(4)21-15)18(23)20-16(10-13(2)3)14-8-6-9-19-12-14/h6,8-9,11-13,16H,5,7,10H2,1-4H3,(H,20,23)/t16-/m0/s1. The van der Waals surface area contributed by atoms with Crippen LogP contribution in [-0.2, 0) is 13.5 Å². The Morgan fingerprint density at radius 2 is 2.17 bits per heavy atom. The number of amides is 1. The van der Waals surface area contributed by atoms with E-state index in [1.54, 1.807) is 10.9 Å². The van der Waals surface area contributed by atoms with Crippen molar-refractivity contribution in [2.24, 2.45) is 13.0 Å². The summed E-state index contributed by atoms with van der Waals surface area (Å²) in [5, 5.41) is 7.54. The molecule has 0 saturated heterocycles. The normalized spacial score (nSPS) is 12.4. The lowest BCUT2D eigenvalue weighted by atomic mass is 9.98. The third kappa shape index (κ3) is 4.65. The van der Waals surface area contributed by atoms with E-state index in [0.717, 1.165) is 30.5 Å². The van der Waals surface area contributed by atoms with Crippen molar-refractivity contribution in [1.82, 2.24) is 20.1 Å². The van der Waals surface area contributed by atoms with Crippen molar-refractivity contribution in [3.8, 4) is 0 Å². The van der Waals surface area contributed by atoms with Crippen molar-refractivity contribution < 1.29 is 4.79 Å². The zero-order valence-corrected chi connectivity index (χ0v) is 14.4. The second-order valence-electron chi connectivity index (χ2n) is 6.34. The Morgan fingerprint density at radius 3 is 2.78 bits per heavy atom. The Hall–Kier alpha value is -2.17. The van der Waals surface area contributed by atoms with Crippen LogP contribution in [0.25, 0.3) is 0 Å². The van der Waals surface area contributed by atoms with Gasteiger partial charge in [-0.25, -0.2) is 0 Å². The molecule has 1 N–H and O–H groups in total. The SMILES string of the molecule is CCCc1cc(C(=O)N[C@@H](CC(C)C)c2cccnc2)n(C)n1. The summed E-state index contributed by atoms with van der Waals surface area (Å²) in [5.74, 6) is 0.388. The highest BCUT2D eigenvalue weighted by molar-refractivity contribution is 5.92. The predicted octanol–water partition coefficient (Wildman–Crippen LogP) is 3.28. The van der Waals surface area contributed by atoms with Crippen molar-refractivity contribution in [3.05, 3.63) is 47.5 Å².